The van der Waals surface area contributed by atoms with Gasteiger partial charge in [0.15, 0.2) is 0 Å². The average molecular weight is 545 g/mol. The second-order valence-corrected chi connectivity index (χ2v) is 12.0. The molecule has 3 amide bonds. The number of amides is 3. The zero-order valence-corrected chi connectivity index (χ0v) is 24.2. The van der Waals surface area contributed by atoms with Crippen LogP contribution in [-0.2, 0) is 25.5 Å². The third-order valence-electron chi connectivity index (χ3n) is 7.91. The number of nitrogens with two attached hydrogens (primary N) is 1. The Hall–Kier alpha value is -2.49. The first-order valence-corrected chi connectivity index (χ1v) is 14.5. The van der Waals surface area contributed by atoms with Gasteiger partial charge in [-0.1, -0.05) is 52.3 Å². The van der Waals surface area contributed by atoms with Crippen LogP contribution in [0.4, 0.5) is 5.69 Å². The molecular formula is C30H48N4O5. The molecule has 1 aromatic carbocycles. The number of hydrogen-bond donors (Lipinski definition) is 3. The number of nitrogens with one attached hydrogen (secondary N) is 1. The first-order chi connectivity index (χ1) is 18.5. The van der Waals surface area contributed by atoms with Gasteiger partial charge in [-0.15, -0.1) is 0 Å². The minimum absolute atomic E-state index is 0.0581. The normalized spacial score (nSPS) is 20.1. The van der Waals surface area contributed by atoms with Gasteiger partial charge in [-0.3, -0.25) is 14.4 Å². The highest BCUT2D eigenvalue weighted by atomic mass is 16.5. The molecule has 1 saturated heterocycles. The van der Waals surface area contributed by atoms with Gasteiger partial charge in [0.2, 0.25) is 17.7 Å². The zero-order chi connectivity index (χ0) is 28.6. The first-order valence-electron chi connectivity index (χ1n) is 14.5. The minimum Gasteiger partial charge on any atom is -0.391 e. The van der Waals surface area contributed by atoms with E-state index in [0.717, 1.165) is 24.1 Å². The van der Waals surface area contributed by atoms with Crippen molar-refractivity contribution in [2.45, 2.75) is 78.4 Å². The lowest BCUT2D eigenvalue weighted by atomic mass is 9.79. The molecule has 2 aliphatic heterocycles. The van der Waals surface area contributed by atoms with E-state index in [1.165, 1.54) is 0 Å². The number of carbonyl (C=O) groups excluding carboxylic acids is 3. The molecule has 2 aliphatic rings. The number of anilines is 1. The molecule has 0 bridgehead atoms. The molecule has 1 fully saturated rings. The second kappa shape index (κ2) is 14.2. The number of hydrogen-bond acceptors (Lipinski definition) is 6. The van der Waals surface area contributed by atoms with Gasteiger partial charge in [0.1, 0.15) is 0 Å². The fourth-order valence-corrected chi connectivity index (χ4v) is 5.60. The van der Waals surface area contributed by atoms with Gasteiger partial charge in [0, 0.05) is 50.2 Å². The highest BCUT2D eigenvalue weighted by Gasteiger charge is 2.37. The maximum Gasteiger partial charge on any atom is 0.227 e. The molecule has 0 aromatic heterocycles. The molecule has 0 saturated carbocycles. The zero-order valence-electron chi connectivity index (χ0n) is 24.2. The van der Waals surface area contributed by atoms with E-state index in [0.29, 0.717) is 52.2 Å². The van der Waals surface area contributed by atoms with Crippen molar-refractivity contribution in [2.75, 3.05) is 44.3 Å². The molecule has 9 heteroatoms. The lowest BCUT2D eigenvalue weighted by molar-refractivity contribution is -0.139. The van der Waals surface area contributed by atoms with Crippen LogP contribution in [0.5, 0.6) is 0 Å². The molecule has 0 spiro atoms. The van der Waals surface area contributed by atoms with Crippen molar-refractivity contribution in [2.24, 2.45) is 23.0 Å². The molecule has 9 nitrogen and oxygen atoms in total. The number of nitrogens with zero attached hydrogens (tertiary/aromatic N) is 2. The summed E-state index contributed by atoms with van der Waals surface area (Å²) in [6, 6.07) is 7.23. The Bertz CT molecular complexity index is 978. The van der Waals surface area contributed by atoms with Crippen molar-refractivity contribution in [3.05, 3.63) is 29.8 Å². The van der Waals surface area contributed by atoms with Crippen LogP contribution in [0, 0.1) is 17.3 Å². The van der Waals surface area contributed by atoms with E-state index in [9.17, 15) is 19.5 Å². The number of ether oxygens (including phenoxy) is 1. The third-order valence-corrected chi connectivity index (χ3v) is 7.91. The van der Waals surface area contributed by atoms with E-state index in [1.54, 1.807) is 11.8 Å². The van der Waals surface area contributed by atoms with Crippen LogP contribution in [0.25, 0.3) is 0 Å². The van der Waals surface area contributed by atoms with E-state index in [4.69, 9.17) is 10.5 Å². The van der Waals surface area contributed by atoms with E-state index in [-0.39, 0.29) is 42.4 Å². The molecule has 4 atom stereocenters. The predicted octanol–water partition coefficient (Wildman–Crippen LogP) is 2.49. The Labute approximate surface area is 233 Å². The number of fused-ring (bicyclic) bond motifs is 1. The van der Waals surface area contributed by atoms with Crippen LogP contribution in [-0.4, -0.2) is 79.3 Å². The molecule has 0 aliphatic carbocycles. The number of unbranched alkanes of at least 4 members (excludes halogenated alkanes) is 1. The van der Waals surface area contributed by atoms with Gasteiger partial charge in [-0.05, 0) is 42.7 Å². The molecule has 2 heterocycles. The largest absolute Gasteiger partial charge is 0.391 e. The minimum atomic E-state index is -0.850. The lowest BCUT2D eigenvalue weighted by Crippen LogP contribution is -2.50. The Morgan fingerprint density at radius 3 is 2.59 bits per heavy atom. The lowest BCUT2D eigenvalue weighted by Gasteiger charge is -2.39. The van der Waals surface area contributed by atoms with Crippen LogP contribution < -0.4 is 16.0 Å². The number of morpholine rings is 1. The van der Waals surface area contributed by atoms with Gasteiger partial charge >= 0.3 is 0 Å². The van der Waals surface area contributed by atoms with Crippen molar-refractivity contribution in [1.82, 2.24) is 10.2 Å². The molecule has 0 unspecified atom stereocenters. The van der Waals surface area contributed by atoms with Crippen molar-refractivity contribution < 1.29 is 24.2 Å². The average Bonchev–Trinajstić information content (AvgIpc) is 2.91. The predicted molar refractivity (Wildman–Crippen MR) is 152 cm³/mol. The number of para-hydroxylation sites is 1. The fraction of sp³-hybridized carbons (Fsp3) is 0.700. The number of rotatable bonds is 12. The number of benzene rings is 1. The summed E-state index contributed by atoms with van der Waals surface area (Å²) in [7, 11) is 0. The van der Waals surface area contributed by atoms with Crippen LogP contribution in [0.2, 0.25) is 0 Å². The number of aliphatic hydroxyl groups is 1. The molecule has 3 rings (SSSR count). The highest BCUT2D eigenvalue weighted by molar-refractivity contribution is 5.96. The van der Waals surface area contributed by atoms with Crippen LogP contribution in [0.1, 0.15) is 65.4 Å². The third kappa shape index (κ3) is 8.75. The smallest absolute Gasteiger partial charge is 0.227 e. The van der Waals surface area contributed by atoms with Crippen molar-refractivity contribution in [3.63, 3.8) is 0 Å². The summed E-state index contributed by atoms with van der Waals surface area (Å²) >= 11 is 0. The summed E-state index contributed by atoms with van der Waals surface area (Å²) in [4.78, 5) is 42.9. The fourth-order valence-electron chi connectivity index (χ4n) is 5.60. The van der Waals surface area contributed by atoms with Gasteiger partial charge in [0.05, 0.1) is 25.2 Å². The first kappa shape index (κ1) is 31.0. The highest BCUT2D eigenvalue weighted by Crippen LogP contribution is 2.35. The van der Waals surface area contributed by atoms with E-state index in [2.05, 4.69) is 12.2 Å². The van der Waals surface area contributed by atoms with Crippen LogP contribution >= 0.6 is 0 Å². The van der Waals surface area contributed by atoms with E-state index < -0.39 is 17.6 Å². The summed E-state index contributed by atoms with van der Waals surface area (Å²) in [5.41, 5.74) is 7.75. The standard InChI is InChI=1S/C30H48N4O5/c1-5-6-11-32-28(37)21(2)16-26(35)24(31)18-30(3,4)19-27(36)34-20-23(17-22-9-7-8-10-25(22)34)29(38)33-12-14-39-15-13-33/h7-10,21,23-24,26,35H,5-6,11-20,31H2,1-4H3,(H,32,37)/t21-,23-,24+,26+/m1/s1. The Balaban J connectivity index is 1.61. The van der Waals surface area contributed by atoms with Gasteiger partial charge < -0.3 is 30.7 Å². The summed E-state index contributed by atoms with van der Waals surface area (Å²) in [5.74, 6) is -0.702. The molecular weight excluding hydrogens is 496 g/mol. The maximum absolute atomic E-state index is 13.7. The van der Waals surface area contributed by atoms with Crippen molar-refractivity contribution >= 4 is 23.4 Å². The number of carbonyl (C=O) groups is 3. The van der Waals surface area contributed by atoms with Gasteiger partial charge in [-0.25, -0.2) is 0 Å². The summed E-state index contributed by atoms with van der Waals surface area (Å²) < 4.78 is 5.40. The molecule has 0 radical (unpaired) electrons. The monoisotopic (exact) mass is 544 g/mol. The molecule has 4 N–H and O–H groups in total. The Morgan fingerprint density at radius 1 is 1.21 bits per heavy atom. The SMILES string of the molecule is CCCCNC(=O)[C@H](C)C[C@H](O)[C@@H](N)CC(C)(C)CC(=O)N1C[C@H](C(=O)N2CCOCC2)Cc2ccccc21. The molecule has 1 aromatic rings. The van der Waals surface area contributed by atoms with E-state index >= 15 is 0 Å². The summed E-state index contributed by atoms with van der Waals surface area (Å²) in [5, 5.41) is 13.7. The quantitative estimate of drug-likeness (QED) is 0.347. The Morgan fingerprint density at radius 2 is 1.90 bits per heavy atom. The summed E-state index contributed by atoms with van der Waals surface area (Å²) in [6.45, 7) is 11.0. The summed E-state index contributed by atoms with van der Waals surface area (Å²) in [6.07, 6.45) is 2.62. The molecule has 39 heavy (non-hydrogen) atoms. The van der Waals surface area contributed by atoms with Crippen LogP contribution in [0.15, 0.2) is 24.3 Å². The molecule has 218 valence electrons. The Kier molecular flexibility index (Phi) is 11.3. The van der Waals surface area contributed by atoms with Gasteiger partial charge in [-0.2, -0.15) is 0 Å². The maximum atomic E-state index is 13.7. The van der Waals surface area contributed by atoms with E-state index in [1.807, 2.05) is 43.0 Å². The van der Waals surface area contributed by atoms with Crippen LogP contribution in [0.3, 0.4) is 0 Å². The number of aliphatic hydroxyl groups excluding tert-OH is 1. The van der Waals surface area contributed by atoms with Gasteiger partial charge in [0.25, 0.3) is 0 Å². The van der Waals surface area contributed by atoms with Crippen molar-refractivity contribution in [1.29, 1.82) is 0 Å². The van der Waals surface area contributed by atoms with Crippen molar-refractivity contribution in [3.8, 4) is 0 Å². The second-order valence-electron chi connectivity index (χ2n) is 12.0. The topological polar surface area (TPSA) is 125 Å².